The Morgan fingerprint density at radius 1 is 1.61 bits per heavy atom. The van der Waals surface area contributed by atoms with Gasteiger partial charge in [-0.3, -0.25) is 9.59 Å². The molecule has 0 radical (unpaired) electrons. The minimum atomic E-state index is -0.245. The van der Waals surface area contributed by atoms with Gasteiger partial charge in [0.2, 0.25) is 11.8 Å². The average molecular weight is 257 g/mol. The molecular weight excluding hydrogens is 234 g/mol. The normalized spacial score (nSPS) is 20.6. The number of amides is 2. The first-order valence-corrected chi connectivity index (χ1v) is 6.43. The predicted molar refractivity (Wildman–Crippen MR) is 68.1 cm³/mol. The van der Waals surface area contributed by atoms with Crippen LogP contribution in [0.25, 0.3) is 0 Å². The second-order valence-corrected chi connectivity index (χ2v) is 4.57. The summed E-state index contributed by atoms with van der Waals surface area (Å²) in [6.45, 7) is 3.73. The van der Waals surface area contributed by atoms with Crippen LogP contribution in [0.15, 0.2) is 0 Å². The zero-order valence-corrected chi connectivity index (χ0v) is 11.1. The quantitative estimate of drug-likeness (QED) is 0.507. The summed E-state index contributed by atoms with van der Waals surface area (Å²) in [6, 6.07) is -0.0914. The predicted octanol–water partition coefficient (Wildman–Crippen LogP) is -0.604. The van der Waals surface area contributed by atoms with Crippen LogP contribution in [0.3, 0.4) is 0 Å². The zero-order chi connectivity index (χ0) is 13.4. The van der Waals surface area contributed by atoms with E-state index in [0.717, 1.165) is 12.8 Å². The summed E-state index contributed by atoms with van der Waals surface area (Å²) in [5.41, 5.74) is 0. The van der Waals surface area contributed by atoms with E-state index >= 15 is 0 Å². The molecule has 0 spiro atoms. The van der Waals surface area contributed by atoms with E-state index in [1.54, 1.807) is 7.11 Å². The lowest BCUT2D eigenvalue weighted by molar-refractivity contribution is -0.122. The van der Waals surface area contributed by atoms with Crippen molar-refractivity contribution in [1.29, 1.82) is 0 Å². The van der Waals surface area contributed by atoms with Crippen LogP contribution in [0.4, 0.5) is 0 Å². The van der Waals surface area contributed by atoms with E-state index in [1.165, 1.54) is 0 Å². The van der Waals surface area contributed by atoms with Crippen molar-refractivity contribution in [2.75, 3.05) is 26.8 Å². The summed E-state index contributed by atoms with van der Waals surface area (Å²) < 4.78 is 4.90. The molecule has 0 aromatic rings. The van der Waals surface area contributed by atoms with Gasteiger partial charge in [-0.15, -0.1) is 0 Å². The Hall–Kier alpha value is -1.14. The van der Waals surface area contributed by atoms with Crippen molar-refractivity contribution in [3.8, 4) is 0 Å². The average Bonchev–Trinajstić information content (AvgIpc) is 2.77. The van der Waals surface area contributed by atoms with Crippen LogP contribution < -0.4 is 16.0 Å². The van der Waals surface area contributed by atoms with Crippen molar-refractivity contribution in [2.24, 2.45) is 0 Å². The van der Waals surface area contributed by atoms with Crippen molar-refractivity contribution in [1.82, 2.24) is 16.0 Å². The third kappa shape index (κ3) is 5.46. The Labute approximate surface area is 108 Å². The van der Waals surface area contributed by atoms with E-state index in [-0.39, 0.29) is 23.9 Å². The van der Waals surface area contributed by atoms with Crippen LogP contribution in [0.1, 0.15) is 26.2 Å². The maximum atomic E-state index is 11.7. The number of ether oxygens (including phenoxy) is 1. The highest BCUT2D eigenvalue weighted by Crippen LogP contribution is 2.05. The van der Waals surface area contributed by atoms with Crippen molar-refractivity contribution >= 4 is 11.8 Å². The number of nitrogens with one attached hydrogen (secondary N) is 3. The van der Waals surface area contributed by atoms with Gasteiger partial charge in [0.15, 0.2) is 0 Å². The Kier molecular flexibility index (Phi) is 6.67. The molecule has 1 fully saturated rings. The molecule has 6 heteroatoms. The van der Waals surface area contributed by atoms with E-state index in [0.29, 0.717) is 26.1 Å². The third-order valence-electron chi connectivity index (χ3n) is 2.97. The summed E-state index contributed by atoms with van der Waals surface area (Å²) in [5.74, 6) is 0.0777. The lowest BCUT2D eigenvalue weighted by Crippen LogP contribution is -2.46. The van der Waals surface area contributed by atoms with E-state index in [2.05, 4.69) is 16.0 Å². The number of methoxy groups -OCH3 is 1. The van der Waals surface area contributed by atoms with Gasteiger partial charge < -0.3 is 20.7 Å². The summed E-state index contributed by atoms with van der Waals surface area (Å²) in [6.07, 6.45) is 2.24. The minimum Gasteiger partial charge on any atom is -0.385 e. The van der Waals surface area contributed by atoms with E-state index in [4.69, 9.17) is 4.74 Å². The van der Waals surface area contributed by atoms with Crippen molar-refractivity contribution in [2.45, 2.75) is 38.3 Å². The van der Waals surface area contributed by atoms with Gasteiger partial charge in [0.25, 0.3) is 0 Å². The zero-order valence-electron chi connectivity index (χ0n) is 11.1. The van der Waals surface area contributed by atoms with Gasteiger partial charge in [-0.05, 0) is 19.8 Å². The number of carbonyl (C=O) groups is 2. The minimum absolute atomic E-state index is 0.0181. The number of carbonyl (C=O) groups excluding carboxylic acids is 2. The summed E-state index contributed by atoms with van der Waals surface area (Å²) in [5, 5.41) is 8.82. The summed E-state index contributed by atoms with van der Waals surface area (Å²) in [4.78, 5) is 22.7. The van der Waals surface area contributed by atoms with E-state index < -0.39 is 0 Å². The van der Waals surface area contributed by atoms with Crippen molar-refractivity contribution < 1.29 is 14.3 Å². The van der Waals surface area contributed by atoms with Gasteiger partial charge in [-0.25, -0.2) is 0 Å². The molecule has 1 aliphatic rings. The summed E-state index contributed by atoms with van der Waals surface area (Å²) >= 11 is 0. The van der Waals surface area contributed by atoms with Gasteiger partial charge in [-0.1, -0.05) is 0 Å². The molecule has 0 aliphatic carbocycles. The van der Waals surface area contributed by atoms with Crippen molar-refractivity contribution in [3.63, 3.8) is 0 Å². The Morgan fingerprint density at radius 3 is 3.00 bits per heavy atom. The first-order chi connectivity index (χ1) is 8.63. The standard InChI is InChI=1S/C12H23N3O3/c1-9(12(17)13-6-3-7-18-2)14-8-10-4-5-11(16)15-10/h9-10,14H,3-8H2,1-2H3,(H,13,17)(H,15,16). The van der Waals surface area contributed by atoms with Crippen LogP contribution in [-0.2, 0) is 14.3 Å². The maximum absolute atomic E-state index is 11.7. The van der Waals surface area contributed by atoms with Gasteiger partial charge in [0.1, 0.15) is 0 Å². The second kappa shape index (κ2) is 8.05. The fraction of sp³-hybridized carbons (Fsp3) is 0.833. The third-order valence-corrected chi connectivity index (χ3v) is 2.97. The van der Waals surface area contributed by atoms with E-state index in [9.17, 15) is 9.59 Å². The molecule has 0 bridgehead atoms. The molecule has 0 aromatic heterocycles. The summed E-state index contributed by atoms with van der Waals surface area (Å²) in [7, 11) is 1.64. The van der Waals surface area contributed by atoms with Crippen LogP contribution in [-0.4, -0.2) is 50.7 Å². The van der Waals surface area contributed by atoms with Crippen LogP contribution in [0.2, 0.25) is 0 Å². The van der Waals surface area contributed by atoms with Gasteiger partial charge in [0, 0.05) is 39.3 Å². The molecule has 1 heterocycles. The van der Waals surface area contributed by atoms with Crippen LogP contribution in [0, 0.1) is 0 Å². The molecule has 104 valence electrons. The highest BCUT2D eigenvalue weighted by atomic mass is 16.5. The maximum Gasteiger partial charge on any atom is 0.236 e. The van der Waals surface area contributed by atoms with Gasteiger partial charge in [0.05, 0.1) is 6.04 Å². The lowest BCUT2D eigenvalue weighted by Gasteiger charge is -2.17. The smallest absolute Gasteiger partial charge is 0.236 e. The van der Waals surface area contributed by atoms with Crippen LogP contribution >= 0.6 is 0 Å². The molecule has 1 rings (SSSR count). The fourth-order valence-corrected chi connectivity index (χ4v) is 1.82. The number of hydrogen-bond acceptors (Lipinski definition) is 4. The molecule has 1 saturated heterocycles. The molecule has 0 aromatic carbocycles. The highest BCUT2D eigenvalue weighted by molar-refractivity contribution is 5.81. The molecule has 6 nitrogen and oxygen atoms in total. The Balaban J connectivity index is 2.09. The highest BCUT2D eigenvalue weighted by Gasteiger charge is 2.21. The molecule has 0 saturated carbocycles. The molecule has 18 heavy (non-hydrogen) atoms. The molecule has 1 aliphatic heterocycles. The lowest BCUT2D eigenvalue weighted by atomic mass is 10.2. The first-order valence-electron chi connectivity index (χ1n) is 6.43. The molecule has 2 amide bonds. The largest absolute Gasteiger partial charge is 0.385 e. The first kappa shape index (κ1) is 14.9. The molecular formula is C12H23N3O3. The molecule has 3 N–H and O–H groups in total. The Bertz CT molecular complexity index is 284. The van der Waals surface area contributed by atoms with Crippen LogP contribution in [0.5, 0.6) is 0 Å². The monoisotopic (exact) mass is 257 g/mol. The van der Waals surface area contributed by atoms with Gasteiger partial charge >= 0.3 is 0 Å². The Morgan fingerprint density at radius 2 is 2.39 bits per heavy atom. The second-order valence-electron chi connectivity index (χ2n) is 4.57. The number of hydrogen-bond donors (Lipinski definition) is 3. The van der Waals surface area contributed by atoms with E-state index in [1.807, 2.05) is 6.92 Å². The number of rotatable bonds is 8. The SMILES string of the molecule is COCCCNC(=O)C(C)NCC1CCC(=O)N1. The fourth-order valence-electron chi connectivity index (χ4n) is 1.82. The van der Waals surface area contributed by atoms with Crippen molar-refractivity contribution in [3.05, 3.63) is 0 Å². The topological polar surface area (TPSA) is 79.5 Å². The molecule has 2 unspecified atom stereocenters. The van der Waals surface area contributed by atoms with Gasteiger partial charge in [-0.2, -0.15) is 0 Å². The molecule has 2 atom stereocenters.